The fourth-order valence-corrected chi connectivity index (χ4v) is 3.49. The van der Waals surface area contributed by atoms with Gasteiger partial charge in [0, 0.05) is 37.9 Å². The molecule has 8 heteroatoms. The van der Waals surface area contributed by atoms with Gasteiger partial charge >= 0.3 is 11.8 Å². The molecule has 2 aliphatic heterocycles. The molecule has 0 aromatic heterocycles. The predicted molar refractivity (Wildman–Crippen MR) is 111 cm³/mol. The Hall–Kier alpha value is -3.10. The van der Waals surface area contributed by atoms with Gasteiger partial charge in [-0.05, 0) is 17.7 Å². The molecule has 2 N–H and O–H groups in total. The van der Waals surface area contributed by atoms with Crippen LogP contribution in [0.4, 0.5) is 5.69 Å². The summed E-state index contributed by atoms with van der Waals surface area (Å²) >= 11 is 0. The second kappa shape index (κ2) is 9.60. The maximum Gasteiger partial charge on any atom is 0.313 e. The van der Waals surface area contributed by atoms with Gasteiger partial charge in [-0.15, -0.1) is 0 Å². The molecule has 2 aromatic rings. The zero-order valence-electron chi connectivity index (χ0n) is 16.6. The minimum absolute atomic E-state index is 0.0224. The number of morpholine rings is 1. The number of benzene rings is 2. The Labute approximate surface area is 175 Å². The van der Waals surface area contributed by atoms with Crippen LogP contribution in [0.2, 0.25) is 0 Å². The van der Waals surface area contributed by atoms with E-state index in [2.05, 4.69) is 27.7 Å². The highest BCUT2D eigenvalue weighted by Crippen LogP contribution is 2.32. The van der Waals surface area contributed by atoms with Crippen molar-refractivity contribution in [2.45, 2.75) is 6.10 Å². The van der Waals surface area contributed by atoms with Crippen molar-refractivity contribution >= 4 is 17.5 Å². The van der Waals surface area contributed by atoms with Gasteiger partial charge in [-0.2, -0.15) is 0 Å². The minimum Gasteiger partial charge on any atom is -0.486 e. The van der Waals surface area contributed by atoms with Crippen molar-refractivity contribution in [3.63, 3.8) is 0 Å². The molecule has 2 aromatic carbocycles. The van der Waals surface area contributed by atoms with E-state index in [0.717, 1.165) is 18.7 Å². The molecule has 158 valence electrons. The van der Waals surface area contributed by atoms with E-state index in [1.165, 1.54) is 0 Å². The number of carbonyl (C=O) groups excluding carboxylic acids is 2. The first-order valence-corrected chi connectivity index (χ1v) is 10.1. The Morgan fingerprint density at radius 2 is 1.77 bits per heavy atom. The molecule has 1 unspecified atom stereocenters. The molecule has 30 heavy (non-hydrogen) atoms. The van der Waals surface area contributed by atoms with Crippen LogP contribution in [0.3, 0.4) is 0 Å². The molecule has 0 aliphatic carbocycles. The van der Waals surface area contributed by atoms with E-state index in [4.69, 9.17) is 14.2 Å². The van der Waals surface area contributed by atoms with Crippen LogP contribution in [0.25, 0.3) is 0 Å². The molecule has 8 nitrogen and oxygen atoms in total. The Bertz CT molecular complexity index is 890. The van der Waals surface area contributed by atoms with E-state index in [-0.39, 0.29) is 6.10 Å². The molecule has 2 amide bonds. The molecule has 2 aliphatic rings. The summed E-state index contributed by atoms with van der Waals surface area (Å²) in [5, 5.41) is 5.27. The number of rotatable bonds is 5. The average Bonchev–Trinajstić information content (AvgIpc) is 2.79. The summed E-state index contributed by atoms with van der Waals surface area (Å²) in [7, 11) is 0. The van der Waals surface area contributed by atoms with Crippen molar-refractivity contribution in [1.29, 1.82) is 0 Å². The molecule has 0 spiro atoms. The van der Waals surface area contributed by atoms with E-state index < -0.39 is 11.8 Å². The zero-order chi connectivity index (χ0) is 20.8. The van der Waals surface area contributed by atoms with Crippen molar-refractivity contribution in [3.05, 3.63) is 54.1 Å². The Kier molecular flexibility index (Phi) is 6.46. The number of amides is 2. The van der Waals surface area contributed by atoms with Gasteiger partial charge in [0.1, 0.15) is 13.2 Å². The number of carbonyl (C=O) groups is 2. The summed E-state index contributed by atoms with van der Waals surface area (Å²) in [6.45, 7) is 4.17. The standard InChI is InChI=1S/C22H25N3O5/c26-21(22(27)24-17-6-7-18-19(14-17)30-13-12-29-18)23-8-9-25-10-11-28-20(15-25)16-4-2-1-3-5-16/h1-7,14,20H,8-13,15H2,(H,23,26)(H,24,27). The van der Waals surface area contributed by atoms with Crippen LogP contribution in [0.15, 0.2) is 48.5 Å². The molecule has 1 saturated heterocycles. The zero-order valence-corrected chi connectivity index (χ0v) is 16.6. The normalized spacial score (nSPS) is 18.5. The van der Waals surface area contributed by atoms with Gasteiger partial charge in [0.2, 0.25) is 0 Å². The lowest BCUT2D eigenvalue weighted by Crippen LogP contribution is -2.44. The Morgan fingerprint density at radius 3 is 2.60 bits per heavy atom. The lowest BCUT2D eigenvalue weighted by Gasteiger charge is -2.33. The number of ether oxygens (including phenoxy) is 3. The smallest absolute Gasteiger partial charge is 0.313 e. The molecule has 4 rings (SSSR count). The largest absolute Gasteiger partial charge is 0.486 e. The summed E-state index contributed by atoms with van der Waals surface area (Å²) < 4.78 is 16.8. The van der Waals surface area contributed by atoms with E-state index in [0.29, 0.717) is 50.1 Å². The third-order valence-corrected chi connectivity index (χ3v) is 5.04. The molecule has 1 atom stereocenters. The van der Waals surface area contributed by atoms with E-state index in [1.54, 1.807) is 18.2 Å². The van der Waals surface area contributed by atoms with E-state index >= 15 is 0 Å². The molecule has 0 bridgehead atoms. The Morgan fingerprint density at radius 1 is 0.967 bits per heavy atom. The fraction of sp³-hybridized carbons (Fsp3) is 0.364. The number of anilines is 1. The lowest BCUT2D eigenvalue weighted by atomic mass is 10.1. The van der Waals surface area contributed by atoms with Crippen molar-refractivity contribution in [1.82, 2.24) is 10.2 Å². The molecular formula is C22H25N3O5. The summed E-state index contributed by atoms with van der Waals surface area (Å²) in [6, 6.07) is 15.1. The average molecular weight is 411 g/mol. The van der Waals surface area contributed by atoms with Crippen molar-refractivity contribution in [3.8, 4) is 11.5 Å². The highest BCUT2D eigenvalue weighted by atomic mass is 16.6. The first-order valence-electron chi connectivity index (χ1n) is 10.1. The lowest BCUT2D eigenvalue weighted by molar-refractivity contribution is -0.136. The number of hydrogen-bond donors (Lipinski definition) is 2. The number of fused-ring (bicyclic) bond motifs is 1. The van der Waals surface area contributed by atoms with Crippen LogP contribution in [-0.2, 0) is 14.3 Å². The van der Waals surface area contributed by atoms with Gasteiger partial charge in [0.25, 0.3) is 0 Å². The van der Waals surface area contributed by atoms with Gasteiger partial charge in [-0.25, -0.2) is 0 Å². The van der Waals surface area contributed by atoms with Crippen molar-refractivity contribution in [2.24, 2.45) is 0 Å². The van der Waals surface area contributed by atoms with Crippen molar-refractivity contribution < 1.29 is 23.8 Å². The summed E-state index contributed by atoms with van der Waals surface area (Å²) in [5.41, 5.74) is 1.63. The number of hydrogen-bond acceptors (Lipinski definition) is 6. The van der Waals surface area contributed by atoms with Gasteiger partial charge < -0.3 is 24.8 Å². The predicted octanol–water partition coefficient (Wildman–Crippen LogP) is 1.59. The molecular weight excluding hydrogens is 386 g/mol. The molecule has 1 fully saturated rings. The van der Waals surface area contributed by atoms with Crippen LogP contribution < -0.4 is 20.1 Å². The minimum atomic E-state index is -0.712. The van der Waals surface area contributed by atoms with Crippen molar-refractivity contribution in [2.75, 3.05) is 51.3 Å². The first-order chi connectivity index (χ1) is 14.7. The summed E-state index contributed by atoms with van der Waals surface area (Å²) in [4.78, 5) is 26.5. The van der Waals surface area contributed by atoms with Gasteiger partial charge in [0.15, 0.2) is 11.5 Å². The van der Waals surface area contributed by atoms with Crippen LogP contribution in [0.5, 0.6) is 11.5 Å². The van der Waals surface area contributed by atoms with Crippen LogP contribution >= 0.6 is 0 Å². The third kappa shape index (κ3) is 5.08. The second-order valence-electron chi connectivity index (χ2n) is 7.14. The van der Waals surface area contributed by atoms with E-state index in [9.17, 15) is 9.59 Å². The SMILES string of the molecule is O=C(NCCN1CCOC(c2ccccc2)C1)C(=O)Nc1ccc2c(c1)OCCO2. The highest BCUT2D eigenvalue weighted by Gasteiger charge is 2.22. The molecule has 2 heterocycles. The summed E-state index contributed by atoms with van der Waals surface area (Å²) in [5.74, 6) is -0.198. The van der Waals surface area contributed by atoms with Crippen LogP contribution in [0, 0.1) is 0 Å². The fourth-order valence-electron chi connectivity index (χ4n) is 3.49. The number of nitrogens with one attached hydrogen (secondary N) is 2. The maximum absolute atomic E-state index is 12.2. The quantitative estimate of drug-likeness (QED) is 0.727. The van der Waals surface area contributed by atoms with Crippen LogP contribution in [0.1, 0.15) is 11.7 Å². The Balaban J connectivity index is 1.22. The number of nitrogens with zero attached hydrogens (tertiary/aromatic N) is 1. The first kappa shape index (κ1) is 20.2. The van der Waals surface area contributed by atoms with Gasteiger partial charge in [0.05, 0.1) is 12.7 Å². The summed E-state index contributed by atoms with van der Waals surface area (Å²) in [6.07, 6.45) is 0.0224. The van der Waals surface area contributed by atoms with Gasteiger partial charge in [-0.1, -0.05) is 30.3 Å². The second-order valence-corrected chi connectivity index (χ2v) is 7.14. The molecule has 0 radical (unpaired) electrons. The van der Waals surface area contributed by atoms with Gasteiger partial charge in [-0.3, -0.25) is 14.5 Å². The van der Waals surface area contributed by atoms with E-state index in [1.807, 2.05) is 18.2 Å². The molecule has 0 saturated carbocycles. The maximum atomic E-state index is 12.2. The highest BCUT2D eigenvalue weighted by molar-refractivity contribution is 6.39. The monoisotopic (exact) mass is 411 g/mol. The third-order valence-electron chi connectivity index (χ3n) is 5.04. The van der Waals surface area contributed by atoms with Crippen LogP contribution in [-0.4, -0.2) is 62.7 Å². The topological polar surface area (TPSA) is 89.1 Å².